The highest BCUT2D eigenvalue weighted by atomic mass is 19.1. The molecular formula is C23H19FN4O4. The van der Waals surface area contributed by atoms with Gasteiger partial charge in [-0.25, -0.2) is 4.39 Å². The van der Waals surface area contributed by atoms with E-state index in [0.717, 1.165) is 5.56 Å². The summed E-state index contributed by atoms with van der Waals surface area (Å²) < 4.78 is 23.8. The van der Waals surface area contributed by atoms with Crippen molar-refractivity contribution in [1.82, 2.24) is 20.4 Å². The lowest BCUT2D eigenvalue weighted by atomic mass is 9.99. The van der Waals surface area contributed by atoms with E-state index in [1.807, 2.05) is 6.07 Å². The number of H-pyrrole nitrogens is 1. The molecule has 0 aliphatic carbocycles. The molecule has 2 N–H and O–H groups in total. The summed E-state index contributed by atoms with van der Waals surface area (Å²) in [4.78, 5) is 32.6. The first-order valence-electron chi connectivity index (χ1n) is 9.70. The Balaban J connectivity index is 1.58. The van der Waals surface area contributed by atoms with Crippen LogP contribution in [0.15, 0.2) is 65.6 Å². The number of aromatic amines is 1. The summed E-state index contributed by atoms with van der Waals surface area (Å²) in [6.07, 6.45) is 4.75. The maximum absolute atomic E-state index is 13.3. The van der Waals surface area contributed by atoms with Crippen LogP contribution in [-0.2, 0) is 17.9 Å². The molecule has 8 nitrogen and oxygen atoms in total. The minimum atomic E-state index is -0.408. The molecule has 0 radical (unpaired) electrons. The number of ketones is 1. The Kier molecular flexibility index (Phi) is 6.18. The molecular weight excluding hydrogens is 415 g/mol. The van der Waals surface area contributed by atoms with E-state index in [1.165, 1.54) is 43.6 Å². The highest BCUT2D eigenvalue weighted by Gasteiger charge is 2.26. The number of aromatic nitrogens is 3. The molecule has 162 valence electrons. The molecule has 0 aliphatic rings. The van der Waals surface area contributed by atoms with Gasteiger partial charge in [-0.15, -0.1) is 0 Å². The summed E-state index contributed by atoms with van der Waals surface area (Å²) in [6.45, 7) is 0.325. The zero-order valence-electron chi connectivity index (χ0n) is 17.1. The first kappa shape index (κ1) is 21.1. The number of nitrogens with one attached hydrogen (secondary N) is 2. The van der Waals surface area contributed by atoms with E-state index >= 15 is 0 Å². The fourth-order valence-corrected chi connectivity index (χ4v) is 3.17. The maximum atomic E-state index is 13.3. The monoisotopic (exact) mass is 434 g/mol. The van der Waals surface area contributed by atoms with Crippen molar-refractivity contribution in [3.05, 3.63) is 95.0 Å². The Bertz CT molecular complexity index is 1230. The van der Waals surface area contributed by atoms with Crippen molar-refractivity contribution in [3.8, 4) is 11.3 Å². The van der Waals surface area contributed by atoms with Gasteiger partial charge in [0.15, 0.2) is 5.76 Å². The molecule has 0 aliphatic heterocycles. The van der Waals surface area contributed by atoms with Crippen molar-refractivity contribution in [2.75, 3.05) is 7.11 Å². The maximum Gasteiger partial charge on any atom is 0.267 e. The van der Waals surface area contributed by atoms with Gasteiger partial charge in [0.05, 0.1) is 5.56 Å². The third kappa shape index (κ3) is 4.47. The number of ether oxygens (including phenoxy) is 1. The van der Waals surface area contributed by atoms with Gasteiger partial charge in [-0.2, -0.15) is 0 Å². The van der Waals surface area contributed by atoms with Gasteiger partial charge in [-0.05, 0) is 42.0 Å². The van der Waals surface area contributed by atoms with Gasteiger partial charge in [0.25, 0.3) is 5.91 Å². The van der Waals surface area contributed by atoms with Crippen molar-refractivity contribution in [1.29, 1.82) is 0 Å². The molecule has 1 aromatic carbocycles. The van der Waals surface area contributed by atoms with Crippen LogP contribution in [0.1, 0.15) is 37.7 Å². The molecule has 4 aromatic rings. The van der Waals surface area contributed by atoms with Crippen LogP contribution in [0.3, 0.4) is 0 Å². The standard InChI is InChI=1S/C23H19FN4O4/c1-31-13-19-20(21(28-32-19)15-4-6-17(24)7-5-15)22(29)16-9-18(26-12-16)23(30)27-11-14-3-2-8-25-10-14/h2-10,12,26H,11,13H2,1H3,(H,27,30). The van der Waals surface area contributed by atoms with Crippen LogP contribution >= 0.6 is 0 Å². The third-order valence-corrected chi connectivity index (χ3v) is 4.75. The summed E-state index contributed by atoms with van der Waals surface area (Å²) >= 11 is 0. The Morgan fingerprint density at radius 2 is 2.03 bits per heavy atom. The summed E-state index contributed by atoms with van der Waals surface area (Å²) in [6, 6.07) is 10.6. The second-order valence-electron chi connectivity index (χ2n) is 6.94. The number of hydrogen-bond donors (Lipinski definition) is 2. The number of benzene rings is 1. The number of carbonyl (C=O) groups excluding carboxylic acids is 2. The zero-order chi connectivity index (χ0) is 22.5. The average Bonchev–Trinajstić information content (AvgIpc) is 3.47. The number of hydrogen-bond acceptors (Lipinski definition) is 6. The first-order valence-corrected chi connectivity index (χ1v) is 9.70. The number of rotatable bonds is 8. The van der Waals surface area contributed by atoms with Crippen LogP contribution in [0.4, 0.5) is 4.39 Å². The van der Waals surface area contributed by atoms with Crippen molar-refractivity contribution in [3.63, 3.8) is 0 Å². The van der Waals surface area contributed by atoms with Crippen molar-refractivity contribution >= 4 is 11.7 Å². The SMILES string of the molecule is COCc1onc(-c2ccc(F)cc2)c1C(=O)c1c[nH]c(C(=O)NCc2cccnc2)c1. The highest BCUT2D eigenvalue weighted by Crippen LogP contribution is 2.29. The lowest BCUT2D eigenvalue weighted by Gasteiger charge is -2.03. The lowest BCUT2D eigenvalue weighted by molar-refractivity contribution is 0.0946. The smallest absolute Gasteiger partial charge is 0.267 e. The van der Waals surface area contributed by atoms with Crippen molar-refractivity contribution in [2.45, 2.75) is 13.2 Å². The van der Waals surface area contributed by atoms with Crippen LogP contribution in [-0.4, -0.2) is 33.9 Å². The zero-order valence-corrected chi connectivity index (χ0v) is 17.1. The van der Waals surface area contributed by atoms with Crippen LogP contribution in [0, 0.1) is 5.82 Å². The molecule has 32 heavy (non-hydrogen) atoms. The third-order valence-electron chi connectivity index (χ3n) is 4.75. The Morgan fingerprint density at radius 3 is 2.75 bits per heavy atom. The number of carbonyl (C=O) groups is 2. The predicted molar refractivity (Wildman–Crippen MR) is 112 cm³/mol. The topological polar surface area (TPSA) is 110 Å². The van der Waals surface area contributed by atoms with Crippen molar-refractivity contribution < 1.29 is 23.2 Å². The molecule has 0 spiro atoms. The van der Waals surface area contributed by atoms with Gasteiger partial charge in [0.1, 0.15) is 23.8 Å². The summed E-state index contributed by atoms with van der Waals surface area (Å²) in [5, 5.41) is 6.76. The summed E-state index contributed by atoms with van der Waals surface area (Å²) in [5.74, 6) is -0.940. The second kappa shape index (κ2) is 9.36. The van der Waals surface area contributed by atoms with Crippen LogP contribution in [0.2, 0.25) is 0 Å². The van der Waals surface area contributed by atoms with Crippen molar-refractivity contribution in [2.24, 2.45) is 0 Å². The van der Waals surface area contributed by atoms with E-state index in [0.29, 0.717) is 12.1 Å². The number of halogens is 1. The average molecular weight is 434 g/mol. The van der Waals surface area contributed by atoms with Gasteiger partial charge in [0.2, 0.25) is 5.78 Å². The number of amides is 1. The first-order chi connectivity index (χ1) is 15.6. The molecule has 4 rings (SSSR count). The Labute approximate surface area is 182 Å². The number of pyridine rings is 1. The molecule has 3 aromatic heterocycles. The molecule has 0 bridgehead atoms. The minimum Gasteiger partial charge on any atom is -0.377 e. The van der Waals surface area contributed by atoms with E-state index in [2.05, 4.69) is 20.4 Å². The largest absolute Gasteiger partial charge is 0.377 e. The van der Waals surface area contributed by atoms with Gasteiger partial charge in [0, 0.05) is 43.4 Å². The van der Waals surface area contributed by atoms with Crippen LogP contribution in [0.5, 0.6) is 0 Å². The van der Waals surface area contributed by atoms with Gasteiger partial charge >= 0.3 is 0 Å². The van der Waals surface area contributed by atoms with E-state index in [-0.39, 0.29) is 40.8 Å². The number of nitrogens with zero attached hydrogens (tertiary/aromatic N) is 2. The quantitative estimate of drug-likeness (QED) is 0.411. The van der Waals surface area contributed by atoms with E-state index in [4.69, 9.17) is 9.26 Å². The molecule has 0 atom stereocenters. The molecule has 1 amide bonds. The van der Waals surface area contributed by atoms with E-state index in [1.54, 1.807) is 18.5 Å². The van der Waals surface area contributed by atoms with E-state index in [9.17, 15) is 14.0 Å². The molecule has 0 unspecified atom stereocenters. The van der Waals surface area contributed by atoms with Gasteiger partial charge < -0.3 is 19.6 Å². The molecule has 0 saturated heterocycles. The summed E-state index contributed by atoms with van der Waals surface area (Å²) in [7, 11) is 1.47. The predicted octanol–water partition coefficient (Wildman–Crippen LogP) is 3.51. The Hall–Kier alpha value is -4.11. The lowest BCUT2D eigenvalue weighted by Crippen LogP contribution is -2.23. The fraction of sp³-hybridized carbons (Fsp3) is 0.130. The Morgan fingerprint density at radius 1 is 1.22 bits per heavy atom. The fourth-order valence-electron chi connectivity index (χ4n) is 3.17. The molecule has 0 saturated carbocycles. The minimum absolute atomic E-state index is 0.0259. The van der Waals surface area contributed by atoms with Crippen LogP contribution in [0.25, 0.3) is 11.3 Å². The van der Waals surface area contributed by atoms with Gasteiger partial charge in [-0.1, -0.05) is 11.2 Å². The molecule has 0 fully saturated rings. The number of methoxy groups -OCH3 is 1. The second-order valence-corrected chi connectivity index (χ2v) is 6.94. The summed E-state index contributed by atoms with van der Waals surface area (Å²) in [5.41, 5.74) is 2.31. The van der Waals surface area contributed by atoms with Gasteiger partial charge in [-0.3, -0.25) is 14.6 Å². The highest BCUT2D eigenvalue weighted by molar-refractivity contribution is 6.13. The molecule has 9 heteroatoms. The van der Waals surface area contributed by atoms with Crippen LogP contribution < -0.4 is 5.32 Å². The molecule has 3 heterocycles. The normalized spacial score (nSPS) is 10.8. The van der Waals surface area contributed by atoms with E-state index < -0.39 is 11.6 Å².